The van der Waals surface area contributed by atoms with E-state index in [1.165, 1.54) is 18.4 Å². The molecular formula is C12H16BrNO. The fraction of sp³-hybridized carbons (Fsp3) is 0.500. The highest BCUT2D eigenvalue weighted by Gasteiger charge is 2.14. The van der Waals surface area contributed by atoms with Crippen molar-refractivity contribution in [3.8, 4) is 0 Å². The SMILES string of the molecule is Brc1cccc(CNC[C@@H]2CCCO2)c1. The van der Waals surface area contributed by atoms with E-state index in [0.717, 1.165) is 24.2 Å². The first kappa shape index (κ1) is 11.1. The number of benzene rings is 1. The molecule has 0 spiro atoms. The fourth-order valence-electron chi connectivity index (χ4n) is 1.83. The summed E-state index contributed by atoms with van der Waals surface area (Å²) in [5.41, 5.74) is 1.31. The molecule has 1 saturated heterocycles. The smallest absolute Gasteiger partial charge is 0.0700 e. The van der Waals surface area contributed by atoms with Crippen LogP contribution in [0, 0.1) is 0 Å². The highest BCUT2D eigenvalue weighted by Crippen LogP contribution is 2.13. The molecule has 1 N–H and O–H groups in total. The van der Waals surface area contributed by atoms with Crippen LogP contribution >= 0.6 is 15.9 Å². The standard InChI is InChI=1S/C12H16BrNO/c13-11-4-1-3-10(7-11)8-14-9-12-5-2-6-15-12/h1,3-4,7,12,14H,2,5-6,8-9H2/t12-/m0/s1. The van der Waals surface area contributed by atoms with Crippen molar-refractivity contribution in [1.82, 2.24) is 5.32 Å². The van der Waals surface area contributed by atoms with Gasteiger partial charge in [-0.15, -0.1) is 0 Å². The Kier molecular flexibility index (Phi) is 4.18. The average molecular weight is 270 g/mol. The third-order valence-electron chi connectivity index (χ3n) is 2.61. The van der Waals surface area contributed by atoms with E-state index in [2.05, 4.69) is 39.4 Å². The second kappa shape index (κ2) is 5.64. The Morgan fingerprint density at radius 2 is 2.40 bits per heavy atom. The maximum Gasteiger partial charge on any atom is 0.0700 e. The summed E-state index contributed by atoms with van der Waals surface area (Å²) in [4.78, 5) is 0. The fourth-order valence-corrected chi connectivity index (χ4v) is 2.28. The predicted octanol–water partition coefficient (Wildman–Crippen LogP) is 2.72. The monoisotopic (exact) mass is 269 g/mol. The van der Waals surface area contributed by atoms with Crippen molar-refractivity contribution in [3.63, 3.8) is 0 Å². The molecule has 1 aromatic rings. The molecule has 1 aliphatic heterocycles. The molecule has 15 heavy (non-hydrogen) atoms. The van der Waals surface area contributed by atoms with Gasteiger partial charge in [-0.1, -0.05) is 28.1 Å². The number of rotatable bonds is 4. The van der Waals surface area contributed by atoms with E-state index in [4.69, 9.17) is 4.74 Å². The van der Waals surface area contributed by atoms with Gasteiger partial charge in [0.15, 0.2) is 0 Å². The van der Waals surface area contributed by atoms with Crippen LogP contribution < -0.4 is 5.32 Å². The summed E-state index contributed by atoms with van der Waals surface area (Å²) in [6.07, 6.45) is 2.84. The Balaban J connectivity index is 1.73. The van der Waals surface area contributed by atoms with Crippen LogP contribution in [0.2, 0.25) is 0 Å². The molecule has 2 rings (SSSR count). The molecule has 0 aliphatic carbocycles. The molecule has 0 unspecified atom stereocenters. The first-order chi connectivity index (χ1) is 7.34. The van der Waals surface area contributed by atoms with Gasteiger partial charge in [-0.3, -0.25) is 0 Å². The molecule has 82 valence electrons. The molecule has 1 atom stereocenters. The number of hydrogen-bond acceptors (Lipinski definition) is 2. The molecule has 0 radical (unpaired) electrons. The first-order valence-corrected chi connectivity index (χ1v) is 6.20. The third-order valence-corrected chi connectivity index (χ3v) is 3.11. The molecular weight excluding hydrogens is 254 g/mol. The lowest BCUT2D eigenvalue weighted by molar-refractivity contribution is 0.110. The van der Waals surface area contributed by atoms with Crippen molar-refractivity contribution in [1.29, 1.82) is 0 Å². The van der Waals surface area contributed by atoms with Gasteiger partial charge >= 0.3 is 0 Å². The quantitative estimate of drug-likeness (QED) is 0.908. The van der Waals surface area contributed by atoms with Crippen LogP contribution in [0.15, 0.2) is 28.7 Å². The highest BCUT2D eigenvalue weighted by atomic mass is 79.9. The van der Waals surface area contributed by atoms with E-state index < -0.39 is 0 Å². The second-order valence-corrected chi connectivity index (χ2v) is 4.81. The Morgan fingerprint density at radius 3 is 3.13 bits per heavy atom. The molecule has 1 fully saturated rings. The lowest BCUT2D eigenvalue weighted by atomic mass is 10.2. The zero-order valence-electron chi connectivity index (χ0n) is 8.71. The Bertz CT molecular complexity index is 310. The van der Waals surface area contributed by atoms with Crippen LogP contribution in [0.1, 0.15) is 18.4 Å². The lowest BCUT2D eigenvalue weighted by Crippen LogP contribution is -2.25. The Labute approximate surface area is 99.1 Å². The van der Waals surface area contributed by atoms with Crippen molar-refractivity contribution in [2.24, 2.45) is 0 Å². The molecule has 2 nitrogen and oxygen atoms in total. The number of nitrogens with one attached hydrogen (secondary N) is 1. The maximum absolute atomic E-state index is 5.54. The average Bonchev–Trinajstić information content (AvgIpc) is 2.71. The van der Waals surface area contributed by atoms with E-state index >= 15 is 0 Å². The van der Waals surface area contributed by atoms with Crippen molar-refractivity contribution >= 4 is 15.9 Å². The minimum Gasteiger partial charge on any atom is -0.377 e. The minimum absolute atomic E-state index is 0.428. The summed E-state index contributed by atoms with van der Waals surface area (Å²) in [6.45, 7) is 2.81. The van der Waals surface area contributed by atoms with Crippen molar-refractivity contribution in [2.75, 3.05) is 13.2 Å². The highest BCUT2D eigenvalue weighted by molar-refractivity contribution is 9.10. The van der Waals surface area contributed by atoms with Crippen LogP contribution in [-0.2, 0) is 11.3 Å². The van der Waals surface area contributed by atoms with Crippen molar-refractivity contribution in [3.05, 3.63) is 34.3 Å². The molecule has 0 amide bonds. The maximum atomic E-state index is 5.54. The van der Waals surface area contributed by atoms with Crippen LogP contribution in [0.3, 0.4) is 0 Å². The largest absolute Gasteiger partial charge is 0.377 e. The van der Waals surface area contributed by atoms with Crippen LogP contribution in [0.4, 0.5) is 0 Å². The van der Waals surface area contributed by atoms with Gasteiger partial charge in [0, 0.05) is 24.2 Å². The molecule has 0 saturated carbocycles. The normalized spacial score (nSPS) is 20.7. The van der Waals surface area contributed by atoms with E-state index in [1.807, 2.05) is 6.07 Å². The van der Waals surface area contributed by atoms with Gasteiger partial charge in [0.1, 0.15) is 0 Å². The summed E-state index contributed by atoms with van der Waals surface area (Å²) in [6, 6.07) is 8.38. The lowest BCUT2D eigenvalue weighted by Gasteiger charge is -2.10. The molecule has 1 heterocycles. The van der Waals surface area contributed by atoms with Gasteiger partial charge in [-0.05, 0) is 30.5 Å². The van der Waals surface area contributed by atoms with Gasteiger partial charge in [0.25, 0.3) is 0 Å². The van der Waals surface area contributed by atoms with Crippen LogP contribution in [-0.4, -0.2) is 19.3 Å². The van der Waals surface area contributed by atoms with Gasteiger partial charge < -0.3 is 10.1 Å². The van der Waals surface area contributed by atoms with Gasteiger partial charge in [-0.2, -0.15) is 0 Å². The molecule has 0 bridgehead atoms. The predicted molar refractivity (Wildman–Crippen MR) is 64.8 cm³/mol. The van der Waals surface area contributed by atoms with E-state index in [9.17, 15) is 0 Å². The summed E-state index contributed by atoms with van der Waals surface area (Å²) >= 11 is 3.47. The zero-order chi connectivity index (χ0) is 10.5. The van der Waals surface area contributed by atoms with E-state index in [-0.39, 0.29) is 0 Å². The van der Waals surface area contributed by atoms with E-state index in [1.54, 1.807) is 0 Å². The van der Waals surface area contributed by atoms with Crippen molar-refractivity contribution < 1.29 is 4.74 Å². The van der Waals surface area contributed by atoms with Gasteiger partial charge in [0.05, 0.1) is 6.10 Å². The second-order valence-electron chi connectivity index (χ2n) is 3.90. The van der Waals surface area contributed by atoms with Gasteiger partial charge in [0.2, 0.25) is 0 Å². The molecule has 1 aromatic carbocycles. The van der Waals surface area contributed by atoms with Crippen LogP contribution in [0.5, 0.6) is 0 Å². The van der Waals surface area contributed by atoms with Crippen molar-refractivity contribution in [2.45, 2.75) is 25.5 Å². The first-order valence-electron chi connectivity index (χ1n) is 5.41. The number of ether oxygens (including phenoxy) is 1. The Hall–Kier alpha value is -0.380. The van der Waals surface area contributed by atoms with Crippen LogP contribution in [0.25, 0.3) is 0 Å². The zero-order valence-corrected chi connectivity index (χ0v) is 10.3. The molecule has 3 heteroatoms. The number of hydrogen-bond donors (Lipinski definition) is 1. The minimum atomic E-state index is 0.428. The Morgan fingerprint density at radius 1 is 1.47 bits per heavy atom. The molecule has 0 aromatic heterocycles. The number of halogens is 1. The third kappa shape index (κ3) is 3.59. The summed E-state index contributed by atoms with van der Waals surface area (Å²) < 4.78 is 6.68. The topological polar surface area (TPSA) is 21.3 Å². The summed E-state index contributed by atoms with van der Waals surface area (Å²) in [5.74, 6) is 0. The summed E-state index contributed by atoms with van der Waals surface area (Å²) in [5, 5.41) is 3.42. The van der Waals surface area contributed by atoms with Gasteiger partial charge in [-0.25, -0.2) is 0 Å². The summed E-state index contributed by atoms with van der Waals surface area (Å²) in [7, 11) is 0. The molecule has 1 aliphatic rings. The van der Waals surface area contributed by atoms with E-state index in [0.29, 0.717) is 6.10 Å².